The van der Waals surface area contributed by atoms with Gasteiger partial charge in [-0.2, -0.15) is 5.10 Å². The number of aryl methyl sites for hydroxylation is 1. The maximum absolute atomic E-state index is 12.0. The number of methoxy groups -OCH3 is 1. The van der Waals surface area contributed by atoms with E-state index in [4.69, 9.17) is 4.74 Å². The number of nitrogens with zero attached hydrogens (tertiary/aromatic N) is 2. The Labute approximate surface area is 132 Å². The van der Waals surface area contributed by atoms with Crippen LogP contribution in [0.5, 0.6) is 5.75 Å². The minimum atomic E-state index is -0.522. The van der Waals surface area contributed by atoms with Gasteiger partial charge in [-0.25, -0.2) is 5.43 Å². The molecule has 0 saturated heterocycles. The molecule has 2 aromatic carbocycles. The van der Waals surface area contributed by atoms with Crippen LogP contribution in [0.15, 0.2) is 47.6 Å². The topological polar surface area (TPSA) is 93.8 Å². The monoisotopic (exact) mass is 313 g/mol. The minimum Gasteiger partial charge on any atom is -0.497 e. The van der Waals surface area contributed by atoms with E-state index < -0.39 is 10.8 Å². The fraction of sp³-hybridized carbons (Fsp3) is 0.125. The van der Waals surface area contributed by atoms with E-state index in [1.807, 2.05) is 0 Å². The summed E-state index contributed by atoms with van der Waals surface area (Å²) in [7, 11) is 1.56. The van der Waals surface area contributed by atoms with Crippen LogP contribution in [-0.4, -0.2) is 24.2 Å². The van der Waals surface area contributed by atoms with Crippen LogP contribution >= 0.6 is 0 Å². The second-order valence-corrected chi connectivity index (χ2v) is 4.73. The van der Waals surface area contributed by atoms with E-state index in [1.165, 1.54) is 24.4 Å². The van der Waals surface area contributed by atoms with Crippen LogP contribution in [-0.2, 0) is 0 Å². The molecule has 7 heteroatoms. The fourth-order valence-corrected chi connectivity index (χ4v) is 1.90. The molecule has 23 heavy (non-hydrogen) atoms. The molecule has 0 aromatic heterocycles. The quantitative estimate of drug-likeness (QED) is 0.521. The Morgan fingerprint density at radius 2 is 2.09 bits per heavy atom. The lowest BCUT2D eigenvalue weighted by Crippen LogP contribution is -2.17. The zero-order chi connectivity index (χ0) is 16.8. The minimum absolute atomic E-state index is 0.102. The number of hydrogen-bond donors (Lipinski definition) is 1. The van der Waals surface area contributed by atoms with Crippen molar-refractivity contribution in [2.75, 3.05) is 7.11 Å². The highest BCUT2D eigenvalue weighted by molar-refractivity contribution is 5.95. The number of nitrogens with one attached hydrogen (secondary N) is 1. The molecule has 1 N–H and O–H groups in total. The summed E-state index contributed by atoms with van der Waals surface area (Å²) in [6.07, 6.45) is 1.46. The van der Waals surface area contributed by atoms with Gasteiger partial charge in [0.25, 0.3) is 11.6 Å². The Bertz CT molecular complexity index is 772. The van der Waals surface area contributed by atoms with Crippen molar-refractivity contribution < 1.29 is 14.5 Å². The van der Waals surface area contributed by atoms with Gasteiger partial charge < -0.3 is 4.74 Å². The Morgan fingerprint density at radius 3 is 2.78 bits per heavy atom. The summed E-state index contributed by atoms with van der Waals surface area (Å²) < 4.78 is 5.09. The first-order valence-corrected chi connectivity index (χ1v) is 6.74. The van der Waals surface area contributed by atoms with Gasteiger partial charge in [-0.05, 0) is 30.7 Å². The zero-order valence-electron chi connectivity index (χ0n) is 12.6. The van der Waals surface area contributed by atoms with E-state index in [2.05, 4.69) is 10.5 Å². The summed E-state index contributed by atoms with van der Waals surface area (Å²) in [6.45, 7) is 1.61. The lowest BCUT2D eigenvalue weighted by Gasteiger charge is -2.02. The van der Waals surface area contributed by atoms with Gasteiger partial charge in [-0.15, -0.1) is 0 Å². The molecule has 2 rings (SSSR count). The zero-order valence-corrected chi connectivity index (χ0v) is 12.6. The number of carbonyl (C=O) groups excluding carboxylic acids is 1. The van der Waals surface area contributed by atoms with Crippen LogP contribution in [0.25, 0.3) is 0 Å². The first-order chi connectivity index (χ1) is 11.0. The summed E-state index contributed by atoms with van der Waals surface area (Å²) in [4.78, 5) is 22.3. The molecule has 0 aliphatic carbocycles. The molecule has 0 atom stereocenters. The molecule has 0 radical (unpaired) electrons. The summed E-state index contributed by atoms with van der Waals surface area (Å²) in [5.41, 5.74) is 3.65. The third kappa shape index (κ3) is 4.13. The highest BCUT2D eigenvalue weighted by Gasteiger charge is 2.14. The molecule has 0 saturated carbocycles. The van der Waals surface area contributed by atoms with E-state index in [-0.39, 0.29) is 11.3 Å². The normalized spacial score (nSPS) is 10.5. The van der Waals surface area contributed by atoms with Gasteiger partial charge in [0.1, 0.15) is 5.75 Å². The first kappa shape index (κ1) is 16.2. The van der Waals surface area contributed by atoms with Gasteiger partial charge in [-0.3, -0.25) is 14.9 Å². The molecular formula is C16H15N3O4. The molecule has 0 aliphatic heterocycles. The number of carbonyl (C=O) groups is 1. The standard InChI is InChI=1S/C16H15N3O4/c1-11-6-7-13(9-15(11)19(21)22)16(20)18-17-10-12-4-3-5-14(8-12)23-2/h3-10H,1-2H3,(H,18,20)/b17-10+. The van der Waals surface area contributed by atoms with E-state index in [0.29, 0.717) is 11.3 Å². The molecule has 7 nitrogen and oxygen atoms in total. The van der Waals surface area contributed by atoms with Crippen molar-refractivity contribution >= 4 is 17.8 Å². The average Bonchev–Trinajstić information content (AvgIpc) is 2.55. The maximum Gasteiger partial charge on any atom is 0.273 e. The Hall–Kier alpha value is -3.22. The van der Waals surface area contributed by atoms with Gasteiger partial charge in [0.05, 0.1) is 18.2 Å². The highest BCUT2D eigenvalue weighted by atomic mass is 16.6. The summed E-state index contributed by atoms with van der Waals surface area (Å²) in [5.74, 6) is 0.154. The largest absolute Gasteiger partial charge is 0.497 e. The van der Waals surface area contributed by atoms with E-state index in [0.717, 1.165) is 5.56 Å². The summed E-state index contributed by atoms with van der Waals surface area (Å²) in [6, 6.07) is 11.4. The van der Waals surface area contributed by atoms with Crippen LogP contribution < -0.4 is 10.2 Å². The number of hydrogen-bond acceptors (Lipinski definition) is 5. The molecule has 0 aliphatic rings. The van der Waals surface area contributed by atoms with Crippen LogP contribution in [0.4, 0.5) is 5.69 Å². The number of hydrazone groups is 1. The van der Waals surface area contributed by atoms with Crippen molar-refractivity contribution in [3.63, 3.8) is 0 Å². The molecule has 0 bridgehead atoms. The Morgan fingerprint density at radius 1 is 1.30 bits per heavy atom. The number of ether oxygens (including phenoxy) is 1. The number of rotatable bonds is 5. The van der Waals surface area contributed by atoms with E-state index in [1.54, 1.807) is 38.3 Å². The fourth-order valence-electron chi connectivity index (χ4n) is 1.90. The lowest BCUT2D eigenvalue weighted by molar-refractivity contribution is -0.385. The van der Waals surface area contributed by atoms with Crippen molar-refractivity contribution in [2.24, 2.45) is 5.10 Å². The molecule has 0 spiro atoms. The Balaban J connectivity index is 2.08. The van der Waals surface area contributed by atoms with E-state index >= 15 is 0 Å². The van der Waals surface area contributed by atoms with Crippen LogP contribution in [0.1, 0.15) is 21.5 Å². The number of amides is 1. The third-order valence-electron chi connectivity index (χ3n) is 3.14. The number of nitro groups is 1. The van der Waals surface area contributed by atoms with Crippen molar-refractivity contribution in [1.29, 1.82) is 0 Å². The van der Waals surface area contributed by atoms with Crippen molar-refractivity contribution in [3.8, 4) is 5.75 Å². The molecule has 0 unspecified atom stereocenters. The van der Waals surface area contributed by atoms with Crippen LogP contribution in [0.2, 0.25) is 0 Å². The predicted octanol–water partition coefficient (Wildman–Crippen LogP) is 2.68. The molecule has 118 valence electrons. The Kier molecular flexibility index (Phi) is 5.03. The van der Waals surface area contributed by atoms with Gasteiger partial charge in [-0.1, -0.05) is 18.2 Å². The van der Waals surface area contributed by atoms with Crippen molar-refractivity contribution in [2.45, 2.75) is 6.92 Å². The third-order valence-corrected chi connectivity index (χ3v) is 3.14. The van der Waals surface area contributed by atoms with Crippen LogP contribution in [0.3, 0.4) is 0 Å². The molecule has 0 heterocycles. The number of benzene rings is 2. The van der Waals surface area contributed by atoms with Gasteiger partial charge >= 0.3 is 0 Å². The molecule has 2 aromatic rings. The second kappa shape index (κ2) is 7.17. The van der Waals surface area contributed by atoms with Gasteiger partial charge in [0.2, 0.25) is 0 Å². The van der Waals surface area contributed by atoms with Crippen molar-refractivity contribution in [1.82, 2.24) is 5.43 Å². The average molecular weight is 313 g/mol. The number of nitro benzene ring substituents is 1. The lowest BCUT2D eigenvalue weighted by atomic mass is 10.1. The molecule has 1 amide bonds. The summed E-state index contributed by atoms with van der Waals surface area (Å²) in [5, 5.41) is 14.7. The smallest absolute Gasteiger partial charge is 0.273 e. The van der Waals surface area contributed by atoms with Crippen molar-refractivity contribution in [3.05, 3.63) is 69.3 Å². The highest BCUT2D eigenvalue weighted by Crippen LogP contribution is 2.19. The second-order valence-electron chi connectivity index (χ2n) is 4.73. The molecule has 0 fully saturated rings. The SMILES string of the molecule is COc1cccc(/C=N/NC(=O)c2ccc(C)c([N+](=O)[O-])c2)c1. The van der Waals surface area contributed by atoms with E-state index in [9.17, 15) is 14.9 Å². The molecular weight excluding hydrogens is 298 g/mol. The summed E-state index contributed by atoms with van der Waals surface area (Å²) >= 11 is 0. The van der Waals surface area contributed by atoms with Crippen LogP contribution in [0, 0.1) is 17.0 Å². The van der Waals surface area contributed by atoms with Gasteiger partial charge in [0.15, 0.2) is 0 Å². The first-order valence-electron chi connectivity index (χ1n) is 6.74. The maximum atomic E-state index is 12.0. The van der Waals surface area contributed by atoms with Gasteiger partial charge in [0, 0.05) is 17.2 Å². The predicted molar refractivity (Wildman–Crippen MR) is 85.9 cm³/mol.